The number of carbonyl (C=O) groups excluding carboxylic acids is 2. The van der Waals surface area contributed by atoms with E-state index in [2.05, 4.69) is 19.2 Å². The Morgan fingerprint density at radius 3 is 2.14 bits per heavy atom. The minimum absolute atomic E-state index is 0.142. The molecule has 0 aliphatic rings. The number of ether oxygens (including phenoxy) is 1. The summed E-state index contributed by atoms with van der Waals surface area (Å²) in [5.74, 6) is -0.0693. The molecule has 0 radical (unpaired) electrons. The molecule has 6 heteroatoms. The number of benzene rings is 3. The molecule has 1 atom stereocenters. The van der Waals surface area contributed by atoms with Crippen molar-refractivity contribution in [1.29, 1.82) is 0 Å². The Hall–Kier alpha value is -3.67. The summed E-state index contributed by atoms with van der Waals surface area (Å²) in [7, 11) is 0. The number of nitrogens with one attached hydrogen (secondary N) is 1. The number of para-hydroxylation sites is 1. The minimum atomic E-state index is -0.789. The van der Waals surface area contributed by atoms with Crippen LogP contribution in [0.15, 0.2) is 78.9 Å². The normalized spacial score (nSPS) is 12.2. The van der Waals surface area contributed by atoms with Crippen molar-refractivity contribution in [3.05, 3.63) is 101 Å². The van der Waals surface area contributed by atoms with Crippen molar-refractivity contribution >= 4 is 11.8 Å². The first-order valence-electron chi connectivity index (χ1n) is 12.6. The fourth-order valence-electron chi connectivity index (χ4n) is 4.10. The van der Waals surface area contributed by atoms with Crippen LogP contribution < -0.4 is 10.1 Å². The van der Waals surface area contributed by atoms with E-state index in [4.69, 9.17) is 4.74 Å². The molecular weight excluding hydrogens is 467 g/mol. The van der Waals surface area contributed by atoms with Gasteiger partial charge in [-0.3, -0.25) is 9.59 Å². The summed E-state index contributed by atoms with van der Waals surface area (Å²) >= 11 is 0. The van der Waals surface area contributed by atoms with Gasteiger partial charge in [0.05, 0.1) is 0 Å². The number of carbonyl (C=O) groups is 2. The summed E-state index contributed by atoms with van der Waals surface area (Å²) < 4.78 is 19.6. The average Bonchev–Trinajstić information content (AvgIpc) is 2.85. The van der Waals surface area contributed by atoms with E-state index >= 15 is 0 Å². The maximum Gasteiger partial charge on any atom is 0.261 e. The van der Waals surface area contributed by atoms with E-state index in [1.807, 2.05) is 75.4 Å². The molecule has 1 N–H and O–H groups in total. The molecule has 0 bridgehead atoms. The predicted octanol–water partition coefficient (Wildman–Crippen LogP) is 5.88. The van der Waals surface area contributed by atoms with Crippen molar-refractivity contribution < 1.29 is 18.7 Å². The second-order valence-electron chi connectivity index (χ2n) is 10.6. The van der Waals surface area contributed by atoms with Gasteiger partial charge < -0.3 is 15.0 Å². The number of hydrogen-bond acceptors (Lipinski definition) is 3. The molecular formula is C31H37FN2O3. The highest BCUT2D eigenvalue weighted by Gasteiger charge is 2.32. The average molecular weight is 505 g/mol. The molecule has 3 aromatic carbocycles. The topological polar surface area (TPSA) is 58.6 Å². The molecule has 37 heavy (non-hydrogen) atoms. The molecule has 0 saturated carbocycles. The Bertz CT molecular complexity index is 1170. The second kappa shape index (κ2) is 12.5. The van der Waals surface area contributed by atoms with Gasteiger partial charge in [-0.25, -0.2) is 4.39 Å². The monoisotopic (exact) mass is 504 g/mol. The highest BCUT2D eigenvalue weighted by molar-refractivity contribution is 5.89. The lowest BCUT2D eigenvalue weighted by atomic mass is 10.0. The Kier molecular flexibility index (Phi) is 9.45. The Balaban J connectivity index is 1.94. The lowest BCUT2D eigenvalue weighted by Crippen LogP contribution is -2.55. The van der Waals surface area contributed by atoms with Crippen LogP contribution in [0.5, 0.6) is 5.75 Å². The molecule has 0 unspecified atom stereocenters. The maximum atomic E-state index is 13.7. The van der Waals surface area contributed by atoms with Crippen LogP contribution in [-0.4, -0.2) is 34.9 Å². The summed E-state index contributed by atoms with van der Waals surface area (Å²) in [6.07, 6.45) is 0.332. The van der Waals surface area contributed by atoms with Crippen LogP contribution in [0.3, 0.4) is 0 Å². The van der Waals surface area contributed by atoms with Gasteiger partial charge in [0.25, 0.3) is 5.91 Å². The fourth-order valence-corrected chi connectivity index (χ4v) is 4.10. The first-order valence-corrected chi connectivity index (χ1v) is 12.6. The SMILES string of the molecule is CC(C)c1ccccc1OCC(=O)N(Cc1ccc(F)cc1)[C@@H](Cc1ccccc1)C(=O)NC(C)(C)C. The van der Waals surface area contributed by atoms with Gasteiger partial charge in [0.2, 0.25) is 5.91 Å². The third-order valence-corrected chi connectivity index (χ3v) is 5.93. The third-order valence-electron chi connectivity index (χ3n) is 5.93. The van der Waals surface area contributed by atoms with E-state index < -0.39 is 11.6 Å². The summed E-state index contributed by atoms with van der Waals surface area (Å²) in [6, 6.07) is 22.4. The Labute approximate surface area is 219 Å². The van der Waals surface area contributed by atoms with Crippen molar-refractivity contribution in [2.75, 3.05) is 6.61 Å². The first-order chi connectivity index (χ1) is 17.5. The number of amides is 2. The molecule has 2 amide bonds. The minimum Gasteiger partial charge on any atom is -0.483 e. The van der Waals surface area contributed by atoms with Gasteiger partial charge >= 0.3 is 0 Å². The van der Waals surface area contributed by atoms with E-state index in [-0.39, 0.29) is 36.7 Å². The first kappa shape index (κ1) is 27.9. The molecule has 0 aromatic heterocycles. The van der Waals surface area contributed by atoms with Gasteiger partial charge in [-0.1, -0.05) is 74.5 Å². The van der Waals surface area contributed by atoms with Gasteiger partial charge in [0.15, 0.2) is 6.61 Å². The zero-order valence-electron chi connectivity index (χ0n) is 22.3. The smallest absolute Gasteiger partial charge is 0.261 e. The quantitative estimate of drug-likeness (QED) is 0.375. The molecule has 0 fully saturated rings. The molecule has 0 spiro atoms. The zero-order chi connectivity index (χ0) is 27.0. The molecule has 196 valence electrons. The molecule has 3 aromatic rings. The van der Waals surface area contributed by atoms with Crippen molar-refractivity contribution in [2.45, 2.75) is 65.1 Å². The van der Waals surface area contributed by atoms with E-state index in [1.54, 1.807) is 17.0 Å². The standard InChI is InChI=1S/C31H37FN2O3/c1-22(2)26-13-9-10-14-28(26)37-21-29(35)34(20-24-15-17-25(32)18-16-24)27(30(36)33-31(3,4)5)19-23-11-7-6-8-12-23/h6-18,22,27H,19-21H2,1-5H3,(H,33,36)/t27-/m0/s1. The molecule has 0 saturated heterocycles. The van der Waals surface area contributed by atoms with E-state index in [0.717, 1.165) is 16.7 Å². The molecule has 0 heterocycles. The van der Waals surface area contributed by atoms with E-state index in [1.165, 1.54) is 12.1 Å². The second-order valence-corrected chi connectivity index (χ2v) is 10.6. The maximum absolute atomic E-state index is 13.7. The van der Waals surface area contributed by atoms with Crippen LogP contribution >= 0.6 is 0 Å². The van der Waals surface area contributed by atoms with E-state index in [9.17, 15) is 14.0 Å². The van der Waals surface area contributed by atoms with Gasteiger partial charge in [-0.15, -0.1) is 0 Å². The summed E-state index contributed by atoms with van der Waals surface area (Å²) in [5, 5.41) is 3.03. The summed E-state index contributed by atoms with van der Waals surface area (Å²) in [5.41, 5.74) is 2.17. The van der Waals surface area contributed by atoms with E-state index in [0.29, 0.717) is 12.2 Å². The highest BCUT2D eigenvalue weighted by Crippen LogP contribution is 2.26. The van der Waals surface area contributed by atoms with Crippen molar-refractivity contribution in [3.63, 3.8) is 0 Å². The summed E-state index contributed by atoms with van der Waals surface area (Å²) in [4.78, 5) is 28.8. The lowest BCUT2D eigenvalue weighted by molar-refractivity contribution is -0.143. The molecule has 0 aliphatic heterocycles. The van der Waals surface area contributed by atoms with Crippen molar-refractivity contribution in [3.8, 4) is 5.75 Å². The third kappa shape index (κ3) is 8.45. The van der Waals surface area contributed by atoms with Gasteiger partial charge in [0, 0.05) is 18.5 Å². The van der Waals surface area contributed by atoms with Crippen LogP contribution in [0.4, 0.5) is 4.39 Å². The van der Waals surface area contributed by atoms with Crippen LogP contribution in [-0.2, 0) is 22.6 Å². The van der Waals surface area contributed by atoms with Gasteiger partial charge in [0.1, 0.15) is 17.6 Å². The van der Waals surface area contributed by atoms with Crippen molar-refractivity contribution in [2.24, 2.45) is 0 Å². The molecule has 5 nitrogen and oxygen atoms in total. The zero-order valence-corrected chi connectivity index (χ0v) is 22.3. The molecule has 3 rings (SSSR count). The van der Waals surface area contributed by atoms with Crippen molar-refractivity contribution in [1.82, 2.24) is 10.2 Å². The largest absolute Gasteiger partial charge is 0.483 e. The number of halogens is 1. The highest BCUT2D eigenvalue weighted by atomic mass is 19.1. The van der Waals surface area contributed by atoms with Gasteiger partial charge in [-0.2, -0.15) is 0 Å². The number of nitrogens with zero attached hydrogens (tertiary/aromatic N) is 1. The fraction of sp³-hybridized carbons (Fsp3) is 0.355. The van der Waals surface area contributed by atoms with Crippen LogP contribution in [0.2, 0.25) is 0 Å². The Morgan fingerprint density at radius 1 is 0.892 bits per heavy atom. The van der Waals surface area contributed by atoms with Crippen LogP contribution in [0.1, 0.15) is 57.2 Å². The number of rotatable bonds is 10. The number of hydrogen-bond donors (Lipinski definition) is 1. The van der Waals surface area contributed by atoms with Crippen LogP contribution in [0, 0.1) is 5.82 Å². The summed E-state index contributed by atoms with van der Waals surface area (Å²) in [6.45, 7) is 9.77. The predicted molar refractivity (Wildman–Crippen MR) is 145 cm³/mol. The van der Waals surface area contributed by atoms with Crippen LogP contribution in [0.25, 0.3) is 0 Å². The Morgan fingerprint density at radius 2 is 1.51 bits per heavy atom. The lowest BCUT2D eigenvalue weighted by Gasteiger charge is -2.34. The van der Waals surface area contributed by atoms with Gasteiger partial charge in [-0.05, 0) is 61.6 Å². The molecule has 0 aliphatic carbocycles.